The van der Waals surface area contributed by atoms with Crippen LogP contribution in [0, 0.1) is 33.3 Å². The second-order valence-electron chi connectivity index (χ2n) is 8.92. The van der Waals surface area contributed by atoms with Gasteiger partial charge in [0.2, 0.25) is 0 Å². The van der Waals surface area contributed by atoms with Crippen molar-refractivity contribution in [2.45, 2.75) is 50.3 Å². The van der Waals surface area contributed by atoms with Gasteiger partial charge in [-0.2, -0.15) is 0 Å². The minimum Gasteiger partial charge on any atom is 0 e. The standard InChI is InChI=1S/C20H29OPSi2.5CO.W/c1-23(2,3)20(24(4,5)6)22-18-15-11-10-14-17(18)19(21-22)16-12-8-7-9-13-16;5*1-2;/h7-15,19-20H,1-6H3;;;;;;. The zero-order chi connectivity index (χ0) is 27.5. The fraction of sp³-hybridized carbons (Fsp3) is 0.320. The van der Waals surface area contributed by atoms with Gasteiger partial charge in [-0.25, -0.2) is 0 Å². The number of fused-ring (bicyclic) bond motifs is 1. The van der Waals surface area contributed by atoms with Crippen LogP contribution in [0.2, 0.25) is 39.3 Å². The monoisotopic (exact) mass is 696 g/mol. The second kappa shape index (κ2) is 21.9. The molecule has 2 aromatic rings. The van der Waals surface area contributed by atoms with E-state index in [2.05, 4.69) is 127 Å². The number of hydrogen-bond donors (Lipinski definition) is 0. The third kappa shape index (κ3) is 12.4. The van der Waals surface area contributed by atoms with Crippen molar-refractivity contribution in [3.8, 4) is 0 Å². The van der Waals surface area contributed by atoms with Crippen molar-refractivity contribution < 1.29 is 48.8 Å². The van der Waals surface area contributed by atoms with Crippen LogP contribution in [-0.4, -0.2) is 21.1 Å². The fourth-order valence-corrected chi connectivity index (χ4v) is 23.1. The molecule has 0 amide bonds. The first-order chi connectivity index (χ1) is 16.2. The van der Waals surface area contributed by atoms with Crippen molar-refractivity contribution in [1.29, 1.82) is 0 Å². The second-order valence-corrected chi connectivity index (χ2v) is 22.9. The molecule has 1 heterocycles. The summed E-state index contributed by atoms with van der Waals surface area (Å²) >= 11 is 0. The van der Waals surface area contributed by atoms with E-state index in [1.54, 1.807) is 0 Å². The van der Waals surface area contributed by atoms with Crippen LogP contribution in [-0.2, 0) is 48.8 Å². The molecular formula is C25H29O6PSi2W. The van der Waals surface area contributed by atoms with E-state index in [4.69, 9.17) is 27.8 Å². The number of benzene rings is 2. The SMILES string of the molecule is C[Si](C)(C)C(P1OC(c2ccccc2)c2ccccc21)[Si](C)(C)C.[C-]#[O+].[C-]#[O+].[C-]#[O+].[C-]#[O+].[C-]#[O+].[W]. The molecule has 1 aliphatic heterocycles. The van der Waals surface area contributed by atoms with E-state index in [1.165, 1.54) is 16.4 Å². The van der Waals surface area contributed by atoms with E-state index in [0.29, 0.717) is 0 Å². The Morgan fingerprint density at radius 3 is 1.43 bits per heavy atom. The molecule has 1 aliphatic rings. The van der Waals surface area contributed by atoms with Crippen LogP contribution in [0.4, 0.5) is 0 Å². The Morgan fingerprint density at radius 2 is 1.03 bits per heavy atom. The predicted octanol–water partition coefficient (Wildman–Crippen LogP) is 5.76. The van der Waals surface area contributed by atoms with E-state index < -0.39 is 24.3 Å². The molecule has 10 heteroatoms. The van der Waals surface area contributed by atoms with Gasteiger partial charge in [0.25, 0.3) is 0 Å². The number of hydrogen-bond acceptors (Lipinski definition) is 1. The van der Waals surface area contributed by atoms with Crippen LogP contribution in [0.5, 0.6) is 0 Å². The average molecular weight is 696 g/mol. The summed E-state index contributed by atoms with van der Waals surface area (Å²) in [6, 6.07) is 19.7. The van der Waals surface area contributed by atoms with Crippen LogP contribution >= 0.6 is 8.15 Å². The van der Waals surface area contributed by atoms with Gasteiger partial charge in [-0.3, -0.25) is 0 Å². The van der Waals surface area contributed by atoms with E-state index in [1.807, 2.05) is 0 Å². The Kier molecular flexibility index (Phi) is 25.5. The van der Waals surface area contributed by atoms with Crippen molar-refractivity contribution in [1.82, 2.24) is 0 Å². The molecule has 35 heavy (non-hydrogen) atoms. The molecule has 0 radical (unpaired) electrons. The van der Waals surface area contributed by atoms with Crippen LogP contribution in [0.3, 0.4) is 0 Å². The third-order valence-corrected chi connectivity index (χ3v) is 21.0. The molecule has 0 saturated carbocycles. The Bertz CT molecular complexity index is 882. The third-order valence-electron chi connectivity index (χ3n) is 4.65. The van der Waals surface area contributed by atoms with Crippen LogP contribution in [0.15, 0.2) is 54.6 Å². The molecule has 0 spiro atoms. The molecule has 0 fully saturated rings. The molecule has 3 rings (SSSR count). The van der Waals surface area contributed by atoms with Crippen molar-refractivity contribution in [3.63, 3.8) is 0 Å². The minimum atomic E-state index is -1.32. The summed E-state index contributed by atoms with van der Waals surface area (Å²) in [5.74, 6) is 0. The topological polar surface area (TPSA) is 109 Å². The van der Waals surface area contributed by atoms with Gasteiger partial charge in [0.15, 0.2) is 0 Å². The molecule has 184 valence electrons. The van der Waals surface area contributed by atoms with E-state index >= 15 is 0 Å². The predicted molar refractivity (Wildman–Crippen MR) is 132 cm³/mol. The summed E-state index contributed by atoms with van der Waals surface area (Å²) in [4.78, 5) is 0.773. The molecule has 0 aliphatic carbocycles. The molecule has 0 aromatic heterocycles. The molecule has 0 N–H and O–H groups in total. The summed E-state index contributed by atoms with van der Waals surface area (Å²) in [5, 5.41) is 1.50. The average Bonchev–Trinajstić information content (AvgIpc) is 3.23. The summed E-state index contributed by atoms with van der Waals surface area (Å²) in [6.45, 7) is 37.7. The van der Waals surface area contributed by atoms with Gasteiger partial charge in [0.1, 0.15) is 6.10 Å². The van der Waals surface area contributed by atoms with Crippen LogP contribution in [0.25, 0.3) is 0 Å². The molecule has 0 saturated heterocycles. The van der Waals surface area contributed by atoms with Crippen molar-refractivity contribution in [2.75, 3.05) is 0 Å². The normalized spacial score (nSPS) is 14.8. The van der Waals surface area contributed by atoms with Gasteiger partial charge in [0.05, 0.1) is 24.3 Å². The molecule has 6 nitrogen and oxygen atoms in total. The maximum atomic E-state index is 7.50. The molecular weight excluding hydrogens is 667 g/mol. The van der Waals surface area contributed by atoms with E-state index in [-0.39, 0.29) is 27.2 Å². The largest absolute Gasteiger partial charge is 0 e. The quantitative estimate of drug-likeness (QED) is 0.172. The van der Waals surface area contributed by atoms with Crippen molar-refractivity contribution >= 4 is 29.6 Å². The first-order valence-corrected chi connectivity index (χ1v) is 18.3. The Labute approximate surface area is 227 Å². The van der Waals surface area contributed by atoms with Gasteiger partial charge in [0, 0.05) is 26.4 Å². The molecule has 2 atom stereocenters. The van der Waals surface area contributed by atoms with Gasteiger partial charge in [-0.05, 0) is 16.0 Å². The minimum absolute atomic E-state index is 0. The fourth-order valence-electron chi connectivity index (χ4n) is 4.21. The zero-order valence-electron chi connectivity index (χ0n) is 20.7. The summed E-state index contributed by atoms with van der Waals surface area (Å²) in [7, 11) is -3.18. The molecule has 2 unspecified atom stereocenters. The van der Waals surface area contributed by atoms with E-state index in [0.717, 1.165) is 4.91 Å². The van der Waals surface area contributed by atoms with Crippen LogP contribution in [0.1, 0.15) is 17.2 Å². The summed E-state index contributed by atoms with van der Waals surface area (Å²) in [6.07, 6.45) is 0.115. The Morgan fingerprint density at radius 1 is 0.657 bits per heavy atom. The van der Waals surface area contributed by atoms with Gasteiger partial charge < -0.3 is 4.52 Å². The molecule has 0 bridgehead atoms. The van der Waals surface area contributed by atoms with Gasteiger partial charge in [-0.15, -0.1) is 0 Å². The van der Waals surface area contributed by atoms with Gasteiger partial charge in [-0.1, -0.05) is 93.9 Å². The van der Waals surface area contributed by atoms with Crippen molar-refractivity contribution in [2.24, 2.45) is 0 Å². The first-order valence-electron chi connectivity index (χ1n) is 9.81. The Hall–Kier alpha value is -1.35. The summed E-state index contributed by atoms with van der Waals surface area (Å²) < 4.78 is 44.4. The van der Waals surface area contributed by atoms with E-state index in [9.17, 15) is 0 Å². The zero-order valence-corrected chi connectivity index (χ0v) is 26.5. The maximum absolute atomic E-state index is 7.50. The summed E-state index contributed by atoms with van der Waals surface area (Å²) in [5.41, 5.74) is 2.69. The van der Waals surface area contributed by atoms with Crippen molar-refractivity contribution in [3.05, 3.63) is 99.0 Å². The number of rotatable bonds is 4. The first kappa shape index (κ1) is 40.8. The smallest absolute Gasteiger partial charge is 0 e. The molecule has 2 aromatic carbocycles. The van der Waals surface area contributed by atoms with Gasteiger partial charge >= 0.3 is 56.5 Å². The maximum Gasteiger partial charge on any atom is 0 e. The Balaban J connectivity index is -0.000000390. The van der Waals surface area contributed by atoms with Crippen LogP contribution < -0.4 is 5.30 Å².